The van der Waals surface area contributed by atoms with E-state index in [1.165, 1.54) is 17.7 Å². The van der Waals surface area contributed by atoms with Crippen LogP contribution in [0.1, 0.15) is 32.3 Å². The van der Waals surface area contributed by atoms with Crippen molar-refractivity contribution in [3.63, 3.8) is 0 Å². The zero-order valence-electron chi connectivity index (χ0n) is 8.98. The van der Waals surface area contributed by atoms with Crippen LogP contribution in [-0.4, -0.2) is 0 Å². The van der Waals surface area contributed by atoms with E-state index >= 15 is 0 Å². The molecule has 2 heteroatoms. The van der Waals surface area contributed by atoms with Gasteiger partial charge in [-0.2, -0.15) is 0 Å². The minimum absolute atomic E-state index is 0.201. The molecule has 0 aliphatic heterocycles. The molecule has 2 rings (SSSR count). The summed E-state index contributed by atoms with van der Waals surface area (Å²) < 4.78 is 26.2. The van der Waals surface area contributed by atoms with Crippen molar-refractivity contribution in [2.45, 2.75) is 32.1 Å². The molecule has 15 heavy (non-hydrogen) atoms. The lowest BCUT2D eigenvalue weighted by molar-refractivity contribution is 0.542. The molecule has 1 aliphatic rings. The van der Waals surface area contributed by atoms with Crippen LogP contribution in [0.25, 0.3) is 0 Å². The summed E-state index contributed by atoms with van der Waals surface area (Å²) >= 11 is 0. The molecule has 0 aromatic heterocycles. The molecular weight excluding hydrogens is 194 g/mol. The number of hydrogen-bond acceptors (Lipinski definition) is 0. The molecule has 1 aromatic rings. The number of hydrogen-bond donors (Lipinski definition) is 0. The van der Waals surface area contributed by atoms with Crippen molar-refractivity contribution in [3.8, 4) is 0 Å². The van der Waals surface area contributed by atoms with E-state index in [0.29, 0.717) is 0 Å². The fourth-order valence-electron chi connectivity index (χ4n) is 2.26. The molecule has 80 valence electrons. The van der Waals surface area contributed by atoms with Gasteiger partial charge in [0.15, 0.2) is 0 Å². The van der Waals surface area contributed by atoms with E-state index in [4.69, 9.17) is 0 Å². The lowest BCUT2D eigenvalue weighted by atomic mass is 9.82. The van der Waals surface area contributed by atoms with Gasteiger partial charge >= 0.3 is 0 Å². The van der Waals surface area contributed by atoms with Crippen LogP contribution in [0.3, 0.4) is 0 Å². The molecule has 0 nitrogen and oxygen atoms in total. The molecule has 0 unspecified atom stereocenters. The topological polar surface area (TPSA) is 0 Å². The molecule has 0 saturated carbocycles. The minimum atomic E-state index is -0.496. The fourth-order valence-corrected chi connectivity index (χ4v) is 2.26. The number of allylic oxidation sites excluding steroid dienone is 2. The van der Waals surface area contributed by atoms with Crippen LogP contribution in [0.4, 0.5) is 8.78 Å². The van der Waals surface area contributed by atoms with Gasteiger partial charge < -0.3 is 0 Å². The van der Waals surface area contributed by atoms with Crippen LogP contribution in [-0.2, 0) is 5.41 Å². The first-order valence-corrected chi connectivity index (χ1v) is 5.14. The van der Waals surface area contributed by atoms with Gasteiger partial charge in [0, 0.05) is 11.5 Å². The van der Waals surface area contributed by atoms with E-state index in [1.807, 2.05) is 6.92 Å². The molecule has 0 saturated heterocycles. The SMILES string of the molecule is CC1=C[C@](C)(c2cc(F)cc(F)c2)CC1. The monoisotopic (exact) mass is 208 g/mol. The summed E-state index contributed by atoms with van der Waals surface area (Å²) in [5, 5.41) is 0. The van der Waals surface area contributed by atoms with Crippen LogP contribution in [0.2, 0.25) is 0 Å². The quantitative estimate of drug-likeness (QED) is 0.613. The van der Waals surface area contributed by atoms with Gasteiger partial charge in [0.2, 0.25) is 0 Å². The second-order valence-electron chi connectivity index (χ2n) is 4.57. The Bertz CT molecular complexity index is 400. The minimum Gasteiger partial charge on any atom is -0.207 e. The Kier molecular flexibility index (Phi) is 2.37. The summed E-state index contributed by atoms with van der Waals surface area (Å²) in [6.45, 7) is 4.08. The molecule has 0 bridgehead atoms. The van der Waals surface area contributed by atoms with Gasteiger partial charge in [-0.15, -0.1) is 0 Å². The molecule has 0 heterocycles. The zero-order chi connectivity index (χ0) is 11.1. The van der Waals surface area contributed by atoms with E-state index in [0.717, 1.165) is 24.5 Å². The second kappa shape index (κ2) is 3.44. The van der Waals surface area contributed by atoms with E-state index in [2.05, 4.69) is 13.0 Å². The number of halogens is 2. The van der Waals surface area contributed by atoms with E-state index in [9.17, 15) is 8.78 Å². The summed E-state index contributed by atoms with van der Waals surface area (Å²) in [5.41, 5.74) is 1.83. The molecule has 0 N–H and O–H groups in total. The molecule has 0 radical (unpaired) electrons. The van der Waals surface area contributed by atoms with Crippen molar-refractivity contribution < 1.29 is 8.78 Å². The fraction of sp³-hybridized carbons (Fsp3) is 0.385. The smallest absolute Gasteiger partial charge is 0.126 e. The predicted molar refractivity (Wildman–Crippen MR) is 56.7 cm³/mol. The van der Waals surface area contributed by atoms with E-state index < -0.39 is 11.6 Å². The van der Waals surface area contributed by atoms with Crippen molar-refractivity contribution in [2.75, 3.05) is 0 Å². The Balaban J connectivity index is 2.45. The average Bonchev–Trinajstić information content (AvgIpc) is 2.46. The largest absolute Gasteiger partial charge is 0.207 e. The van der Waals surface area contributed by atoms with Gasteiger partial charge in [-0.1, -0.05) is 18.6 Å². The summed E-state index contributed by atoms with van der Waals surface area (Å²) in [6.07, 6.45) is 4.05. The van der Waals surface area contributed by atoms with Gasteiger partial charge in [0.25, 0.3) is 0 Å². The van der Waals surface area contributed by atoms with Crippen molar-refractivity contribution >= 4 is 0 Å². The Labute approximate surface area is 88.6 Å². The molecule has 0 fully saturated rings. The summed E-state index contributed by atoms with van der Waals surface area (Å²) in [7, 11) is 0. The van der Waals surface area contributed by atoms with Gasteiger partial charge in [-0.3, -0.25) is 0 Å². The van der Waals surface area contributed by atoms with Crippen molar-refractivity contribution in [1.82, 2.24) is 0 Å². The second-order valence-corrected chi connectivity index (χ2v) is 4.57. The maximum atomic E-state index is 13.1. The highest BCUT2D eigenvalue weighted by molar-refractivity contribution is 5.35. The molecule has 0 spiro atoms. The summed E-state index contributed by atoms with van der Waals surface area (Å²) in [6, 6.07) is 3.77. The van der Waals surface area contributed by atoms with Gasteiger partial charge in [0.05, 0.1) is 0 Å². The maximum absolute atomic E-state index is 13.1. The first-order chi connectivity index (χ1) is 6.99. The van der Waals surface area contributed by atoms with E-state index in [1.54, 1.807) is 0 Å². The van der Waals surface area contributed by atoms with Crippen molar-refractivity contribution in [1.29, 1.82) is 0 Å². The predicted octanol–water partition coefficient (Wildman–Crippen LogP) is 3.96. The zero-order valence-corrected chi connectivity index (χ0v) is 8.98. The maximum Gasteiger partial charge on any atom is 0.126 e. The first kappa shape index (κ1) is 10.3. The highest BCUT2D eigenvalue weighted by Crippen LogP contribution is 2.38. The molecule has 1 aliphatic carbocycles. The third-order valence-corrected chi connectivity index (χ3v) is 3.13. The van der Waals surface area contributed by atoms with Crippen LogP contribution >= 0.6 is 0 Å². The summed E-state index contributed by atoms with van der Waals surface area (Å²) in [4.78, 5) is 0. The Morgan fingerprint density at radius 1 is 1.13 bits per heavy atom. The Morgan fingerprint density at radius 3 is 2.20 bits per heavy atom. The normalized spacial score (nSPS) is 25.5. The van der Waals surface area contributed by atoms with Crippen LogP contribution < -0.4 is 0 Å². The molecule has 1 atom stereocenters. The van der Waals surface area contributed by atoms with Crippen LogP contribution in [0.5, 0.6) is 0 Å². The lowest BCUT2D eigenvalue weighted by Gasteiger charge is -2.22. The van der Waals surface area contributed by atoms with Gasteiger partial charge in [-0.05, 0) is 37.5 Å². The Hall–Kier alpha value is -1.18. The van der Waals surface area contributed by atoms with Crippen LogP contribution in [0, 0.1) is 11.6 Å². The van der Waals surface area contributed by atoms with E-state index in [-0.39, 0.29) is 5.41 Å². The summed E-state index contributed by atoms with van der Waals surface area (Å²) in [5.74, 6) is -0.992. The van der Waals surface area contributed by atoms with Crippen molar-refractivity contribution in [3.05, 3.63) is 47.0 Å². The number of benzene rings is 1. The first-order valence-electron chi connectivity index (χ1n) is 5.14. The average molecular weight is 208 g/mol. The highest BCUT2D eigenvalue weighted by Gasteiger charge is 2.29. The number of rotatable bonds is 1. The molecule has 0 amide bonds. The Morgan fingerprint density at radius 2 is 1.73 bits per heavy atom. The standard InChI is InChI=1S/C13H14F2/c1-9-3-4-13(2,8-9)10-5-11(14)7-12(15)6-10/h5-8H,3-4H2,1-2H3/t13-/m1/s1. The highest BCUT2D eigenvalue weighted by atomic mass is 19.1. The lowest BCUT2D eigenvalue weighted by Crippen LogP contribution is -2.16. The van der Waals surface area contributed by atoms with Crippen molar-refractivity contribution in [2.24, 2.45) is 0 Å². The third kappa shape index (κ3) is 1.94. The van der Waals surface area contributed by atoms with Crippen LogP contribution in [0.15, 0.2) is 29.8 Å². The molecular formula is C13H14F2. The molecule has 1 aromatic carbocycles. The third-order valence-electron chi connectivity index (χ3n) is 3.13. The van der Waals surface area contributed by atoms with Gasteiger partial charge in [-0.25, -0.2) is 8.78 Å². The van der Waals surface area contributed by atoms with Gasteiger partial charge in [0.1, 0.15) is 11.6 Å².